The molecule has 0 aliphatic heterocycles. The van der Waals surface area contributed by atoms with Gasteiger partial charge in [0.15, 0.2) is 0 Å². The van der Waals surface area contributed by atoms with E-state index in [1.807, 2.05) is 42.5 Å². The molecule has 0 saturated carbocycles. The van der Waals surface area contributed by atoms with Gasteiger partial charge in [0, 0.05) is 29.0 Å². The molecular weight excluding hydrogens is 388 g/mol. The third-order valence-corrected chi connectivity index (χ3v) is 5.50. The largest absolute Gasteiger partial charge is 0.505 e. The Morgan fingerprint density at radius 2 is 1.66 bits per heavy atom. The number of nitrogens with zero attached hydrogens (tertiary/aromatic N) is 2. The average molecular weight is 406 g/mol. The number of pyridine rings is 2. The van der Waals surface area contributed by atoms with E-state index in [2.05, 4.69) is 15.3 Å². The first-order valence-corrected chi connectivity index (χ1v) is 10.3. The molecule has 8 heteroatoms. The number of aromatic hydroxyl groups is 1. The topological polar surface area (TPSA) is 118 Å². The molecule has 146 valence electrons. The zero-order valence-corrected chi connectivity index (χ0v) is 16.0. The van der Waals surface area contributed by atoms with E-state index in [0.29, 0.717) is 22.5 Å². The maximum Gasteiger partial charge on any atom is 0.238 e. The Bertz CT molecular complexity index is 1260. The van der Waals surface area contributed by atoms with Gasteiger partial charge in [-0.2, -0.15) is 0 Å². The number of phenolic OH excluding ortho intramolecular Hbond substituents is 1. The molecule has 29 heavy (non-hydrogen) atoms. The number of benzene rings is 2. The van der Waals surface area contributed by atoms with Crippen LogP contribution in [0.15, 0.2) is 84.0 Å². The standard InChI is InChI=1S/C21H18N4O3S/c22-29(27,28)16-9-7-15(8-10-16)25-20(18-5-1-2-12-23-18)17-11-6-14-4-3-13-24-19(14)21(17)26/h1-13,20,25-26H,(H2,22,27,28). The van der Waals surface area contributed by atoms with Crippen molar-refractivity contribution >= 4 is 26.6 Å². The Hall–Kier alpha value is -3.49. The lowest BCUT2D eigenvalue weighted by Gasteiger charge is -2.21. The molecule has 0 aliphatic rings. The monoisotopic (exact) mass is 406 g/mol. The number of primary sulfonamides is 1. The van der Waals surface area contributed by atoms with Crippen molar-refractivity contribution < 1.29 is 13.5 Å². The third-order valence-electron chi connectivity index (χ3n) is 4.57. The zero-order chi connectivity index (χ0) is 20.4. The quantitative estimate of drug-likeness (QED) is 0.468. The Balaban J connectivity index is 1.78. The average Bonchev–Trinajstić information content (AvgIpc) is 2.73. The highest BCUT2D eigenvalue weighted by molar-refractivity contribution is 7.89. The van der Waals surface area contributed by atoms with Crippen LogP contribution in [0.4, 0.5) is 5.69 Å². The molecule has 0 saturated heterocycles. The van der Waals surface area contributed by atoms with Gasteiger partial charge in [-0.15, -0.1) is 0 Å². The van der Waals surface area contributed by atoms with Gasteiger partial charge in [-0.1, -0.05) is 24.3 Å². The Morgan fingerprint density at radius 3 is 2.34 bits per heavy atom. The number of nitrogens with two attached hydrogens (primary N) is 1. The van der Waals surface area contributed by atoms with E-state index in [9.17, 15) is 13.5 Å². The van der Waals surface area contributed by atoms with E-state index in [-0.39, 0.29) is 10.6 Å². The lowest BCUT2D eigenvalue weighted by Crippen LogP contribution is -2.15. The number of hydrogen-bond acceptors (Lipinski definition) is 6. The van der Waals surface area contributed by atoms with Gasteiger partial charge in [0.05, 0.1) is 16.6 Å². The molecule has 1 unspecified atom stereocenters. The summed E-state index contributed by atoms with van der Waals surface area (Å²) in [7, 11) is -3.77. The zero-order valence-electron chi connectivity index (χ0n) is 15.2. The van der Waals surface area contributed by atoms with Gasteiger partial charge in [-0.25, -0.2) is 13.6 Å². The fourth-order valence-electron chi connectivity index (χ4n) is 3.14. The number of nitrogens with one attached hydrogen (secondary N) is 1. The van der Waals surface area contributed by atoms with Gasteiger partial charge in [0.1, 0.15) is 11.3 Å². The van der Waals surface area contributed by atoms with Crippen LogP contribution in [-0.2, 0) is 10.0 Å². The van der Waals surface area contributed by atoms with E-state index in [0.717, 1.165) is 5.39 Å². The van der Waals surface area contributed by atoms with E-state index >= 15 is 0 Å². The fraction of sp³-hybridized carbons (Fsp3) is 0.0476. The fourth-order valence-corrected chi connectivity index (χ4v) is 3.66. The lowest BCUT2D eigenvalue weighted by atomic mass is 9.99. The first-order valence-electron chi connectivity index (χ1n) is 8.80. The van der Waals surface area contributed by atoms with Gasteiger partial charge >= 0.3 is 0 Å². The van der Waals surface area contributed by atoms with Crippen LogP contribution >= 0.6 is 0 Å². The lowest BCUT2D eigenvalue weighted by molar-refractivity contribution is 0.471. The highest BCUT2D eigenvalue weighted by Gasteiger charge is 2.21. The van der Waals surface area contributed by atoms with E-state index in [1.165, 1.54) is 12.1 Å². The summed E-state index contributed by atoms with van der Waals surface area (Å²) in [6.07, 6.45) is 3.30. The van der Waals surface area contributed by atoms with Crippen molar-refractivity contribution in [2.45, 2.75) is 10.9 Å². The first kappa shape index (κ1) is 18.9. The molecule has 2 heterocycles. The minimum Gasteiger partial charge on any atom is -0.505 e. The van der Waals surface area contributed by atoms with Gasteiger partial charge in [0.25, 0.3) is 0 Å². The van der Waals surface area contributed by atoms with Crippen molar-refractivity contribution in [2.75, 3.05) is 5.32 Å². The van der Waals surface area contributed by atoms with Crippen molar-refractivity contribution in [2.24, 2.45) is 5.14 Å². The normalized spacial score (nSPS) is 12.6. The van der Waals surface area contributed by atoms with Gasteiger partial charge < -0.3 is 10.4 Å². The summed E-state index contributed by atoms with van der Waals surface area (Å²) in [5.74, 6) is 0.0624. The number of aromatic nitrogens is 2. The van der Waals surface area contributed by atoms with Crippen LogP contribution in [0.2, 0.25) is 0 Å². The summed E-state index contributed by atoms with van der Waals surface area (Å²) in [4.78, 5) is 8.73. The second kappa shape index (κ2) is 7.50. The molecular formula is C21H18N4O3S. The highest BCUT2D eigenvalue weighted by atomic mass is 32.2. The molecule has 7 nitrogen and oxygen atoms in total. The van der Waals surface area contributed by atoms with E-state index in [4.69, 9.17) is 5.14 Å². The SMILES string of the molecule is NS(=O)(=O)c1ccc(NC(c2ccccn2)c2ccc3cccnc3c2O)cc1. The van der Waals surface area contributed by atoms with E-state index in [1.54, 1.807) is 24.5 Å². The Kier molecular flexibility index (Phi) is 4.87. The highest BCUT2D eigenvalue weighted by Crippen LogP contribution is 2.35. The van der Waals surface area contributed by atoms with Crippen LogP contribution in [0.3, 0.4) is 0 Å². The molecule has 4 N–H and O–H groups in total. The summed E-state index contributed by atoms with van der Waals surface area (Å²) in [5.41, 5.74) is 2.44. The molecule has 2 aromatic carbocycles. The maximum atomic E-state index is 11.5. The molecule has 1 atom stereocenters. The molecule has 0 fully saturated rings. The summed E-state index contributed by atoms with van der Waals surface area (Å²) < 4.78 is 23.0. The number of fused-ring (bicyclic) bond motifs is 1. The molecule has 0 bridgehead atoms. The minimum atomic E-state index is -3.77. The Morgan fingerprint density at radius 1 is 0.897 bits per heavy atom. The van der Waals surface area contributed by atoms with Crippen LogP contribution in [0, 0.1) is 0 Å². The van der Waals surface area contributed by atoms with Gasteiger partial charge in [-0.3, -0.25) is 9.97 Å². The third kappa shape index (κ3) is 3.89. The summed E-state index contributed by atoms with van der Waals surface area (Å²) in [5, 5.41) is 20.2. The van der Waals surface area contributed by atoms with Crippen LogP contribution < -0.4 is 10.5 Å². The van der Waals surface area contributed by atoms with Crippen LogP contribution in [0.1, 0.15) is 17.3 Å². The number of anilines is 1. The van der Waals surface area contributed by atoms with Crippen molar-refractivity contribution in [3.63, 3.8) is 0 Å². The molecule has 4 rings (SSSR count). The molecule has 0 radical (unpaired) electrons. The van der Waals surface area contributed by atoms with Gasteiger partial charge in [0.2, 0.25) is 10.0 Å². The second-order valence-electron chi connectivity index (χ2n) is 6.48. The van der Waals surface area contributed by atoms with Crippen LogP contribution in [0.5, 0.6) is 5.75 Å². The number of rotatable bonds is 5. The van der Waals surface area contributed by atoms with Crippen molar-refractivity contribution in [1.29, 1.82) is 0 Å². The maximum absolute atomic E-state index is 11.5. The van der Waals surface area contributed by atoms with Crippen molar-refractivity contribution in [3.8, 4) is 5.75 Å². The molecule has 2 aromatic heterocycles. The summed E-state index contributed by atoms with van der Waals surface area (Å²) >= 11 is 0. The van der Waals surface area contributed by atoms with Crippen LogP contribution in [-0.4, -0.2) is 23.5 Å². The predicted octanol–water partition coefficient (Wildman–Crippen LogP) is 3.18. The molecule has 0 amide bonds. The van der Waals surface area contributed by atoms with Crippen molar-refractivity contribution in [3.05, 3.63) is 90.4 Å². The number of phenols is 1. The molecule has 0 aliphatic carbocycles. The minimum absolute atomic E-state index is 0.0233. The number of sulfonamides is 1. The Labute approximate surface area is 167 Å². The number of hydrogen-bond donors (Lipinski definition) is 3. The molecule has 0 spiro atoms. The van der Waals surface area contributed by atoms with Gasteiger partial charge in [-0.05, 0) is 42.5 Å². The predicted molar refractivity (Wildman–Crippen MR) is 111 cm³/mol. The molecule has 4 aromatic rings. The van der Waals surface area contributed by atoms with E-state index < -0.39 is 16.1 Å². The summed E-state index contributed by atoms with van der Waals surface area (Å²) in [6.45, 7) is 0. The smallest absolute Gasteiger partial charge is 0.238 e. The summed E-state index contributed by atoms with van der Waals surface area (Å²) in [6, 6.07) is 18.5. The van der Waals surface area contributed by atoms with Crippen LogP contribution in [0.25, 0.3) is 10.9 Å². The second-order valence-corrected chi connectivity index (χ2v) is 8.04. The first-order chi connectivity index (χ1) is 13.9. The van der Waals surface area contributed by atoms with Crippen molar-refractivity contribution in [1.82, 2.24) is 9.97 Å².